The fourth-order valence-electron chi connectivity index (χ4n) is 2.91. The topological polar surface area (TPSA) is 51.2 Å². The summed E-state index contributed by atoms with van der Waals surface area (Å²) in [6.45, 7) is 2.22. The van der Waals surface area contributed by atoms with Gasteiger partial charge in [-0.05, 0) is 18.8 Å². The monoisotopic (exact) mass is 302 g/mol. The van der Waals surface area contributed by atoms with E-state index < -0.39 is 9.84 Å². The molecular formula is C16H30O3S. The number of hydrogen-bond donors (Lipinski definition) is 0. The molecule has 3 nitrogen and oxygen atoms in total. The molecule has 0 bridgehead atoms. The van der Waals surface area contributed by atoms with E-state index in [0.717, 1.165) is 12.8 Å². The normalized spacial score (nSPS) is 21.1. The Morgan fingerprint density at radius 2 is 1.60 bits per heavy atom. The van der Waals surface area contributed by atoms with E-state index in [0.29, 0.717) is 19.3 Å². The molecule has 1 saturated heterocycles. The van der Waals surface area contributed by atoms with Gasteiger partial charge in [0.05, 0.1) is 11.5 Å². The first-order chi connectivity index (χ1) is 9.53. The predicted octanol–water partition coefficient (Wildman–Crippen LogP) is 3.91. The van der Waals surface area contributed by atoms with Gasteiger partial charge in [0.15, 0.2) is 9.84 Å². The molecule has 0 aliphatic carbocycles. The second-order valence-electron chi connectivity index (χ2n) is 6.24. The van der Waals surface area contributed by atoms with Crippen LogP contribution in [0.5, 0.6) is 0 Å². The molecule has 118 valence electrons. The largest absolute Gasteiger partial charge is 0.300 e. The summed E-state index contributed by atoms with van der Waals surface area (Å²) in [6.07, 6.45) is 11.7. The smallest absolute Gasteiger partial charge is 0.150 e. The maximum atomic E-state index is 11.8. The number of unbranched alkanes of at least 4 members (excludes halogenated alkanes) is 7. The van der Waals surface area contributed by atoms with Gasteiger partial charge in [0.25, 0.3) is 0 Å². The van der Waals surface area contributed by atoms with E-state index in [1.165, 1.54) is 38.5 Å². The minimum Gasteiger partial charge on any atom is -0.300 e. The average Bonchev–Trinajstić information content (AvgIpc) is 2.72. The van der Waals surface area contributed by atoms with Gasteiger partial charge in [-0.3, -0.25) is 4.79 Å². The number of Topliss-reactive ketones (excluding diaryl/α,β-unsaturated/α-hetero) is 1. The van der Waals surface area contributed by atoms with Gasteiger partial charge in [-0.2, -0.15) is 0 Å². The summed E-state index contributed by atoms with van der Waals surface area (Å²) >= 11 is 0. The Morgan fingerprint density at radius 3 is 2.15 bits per heavy atom. The lowest BCUT2D eigenvalue weighted by molar-refractivity contribution is -0.119. The number of carbonyl (C=O) groups excluding carboxylic acids is 1. The maximum absolute atomic E-state index is 11.8. The molecule has 1 aliphatic rings. The molecule has 0 aromatic heterocycles. The van der Waals surface area contributed by atoms with Gasteiger partial charge in [-0.15, -0.1) is 0 Å². The summed E-state index contributed by atoms with van der Waals surface area (Å²) in [5, 5.41) is 0. The second-order valence-corrected chi connectivity index (χ2v) is 8.47. The van der Waals surface area contributed by atoms with Crippen molar-refractivity contribution in [3.05, 3.63) is 0 Å². The van der Waals surface area contributed by atoms with E-state index in [2.05, 4.69) is 6.92 Å². The third-order valence-corrected chi connectivity index (χ3v) is 5.99. The molecule has 1 rings (SSSR count). The van der Waals surface area contributed by atoms with Crippen molar-refractivity contribution < 1.29 is 13.2 Å². The molecule has 0 spiro atoms. The van der Waals surface area contributed by atoms with Crippen molar-refractivity contribution in [3.63, 3.8) is 0 Å². The fourth-order valence-corrected chi connectivity index (χ4v) is 4.77. The summed E-state index contributed by atoms with van der Waals surface area (Å²) in [4.78, 5) is 11.8. The highest BCUT2D eigenvalue weighted by Crippen LogP contribution is 2.22. The standard InChI is InChI=1S/C16H30O3S/c1-2-3-4-5-6-7-8-9-10-16(17)13-15-11-12-20(18,19)14-15/h15H,2-14H2,1H3. The summed E-state index contributed by atoms with van der Waals surface area (Å²) < 4.78 is 22.6. The highest BCUT2D eigenvalue weighted by atomic mass is 32.2. The number of rotatable bonds is 11. The van der Waals surface area contributed by atoms with Crippen LogP contribution in [-0.2, 0) is 14.6 Å². The molecule has 0 saturated carbocycles. The Kier molecular flexibility index (Phi) is 8.43. The highest BCUT2D eigenvalue weighted by Gasteiger charge is 2.28. The van der Waals surface area contributed by atoms with Crippen LogP contribution >= 0.6 is 0 Å². The predicted molar refractivity (Wildman–Crippen MR) is 83.6 cm³/mol. The zero-order valence-electron chi connectivity index (χ0n) is 12.9. The molecule has 0 radical (unpaired) electrons. The minimum atomic E-state index is -2.83. The second kappa shape index (κ2) is 9.54. The molecule has 0 amide bonds. The van der Waals surface area contributed by atoms with Crippen molar-refractivity contribution in [2.75, 3.05) is 11.5 Å². The van der Waals surface area contributed by atoms with E-state index >= 15 is 0 Å². The van der Waals surface area contributed by atoms with Crippen LogP contribution in [0.2, 0.25) is 0 Å². The Hall–Kier alpha value is -0.380. The summed E-state index contributed by atoms with van der Waals surface area (Å²) in [5.74, 6) is 0.874. The van der Waals surface area contributed by atoms with Gasteiger partial charge in [0.2, 0.25) is 0 Å². The van der Waals surface area contributed by atoms with Gasteiger partial charge < -0.3 is 0 Å². The first kappa shape index (κ1) is 17.7. The third kappa shape index (κ3) is 8.03. The lowest BCUT2D eigenvalue weighted by atomic mass is 9.98. The number of hydrogen-bond acceptors (Lipinski definition) is 3. The Labute approximate surface area is 124 Å². The lowest BCUT2D eigenvalue weighted by Gasteiger charge is -2.06. The minimum absolute atomic E-state index is 0.0987. The van der Waals surface area contributed by atoms with Gasteiger partial charge in [-0.1, -0.05) is 51.9 Å². The number of ketones is 1. The molecule has 1 unspecified atom stereocenters. The molecular weight excluding hydrogens is 272 g/mol. The SMILES string of the molecule is CCCCCCCCCCC(=O)CC1CCS(=O)(=O)C1. The van der Waals surface area contributed by atoms with Crippen molar-refractivity contribution in [2.45, 2.75) is 77.6 Å². The molecule has 0 aromatic carbocycles. The maximum Gasteiger partial charge on any atom is 0.150 e. The van der Waals surface area contributed by atoms with Gasteiger partial charge in [0.1, 0.15) is 5.78 Å². The van der Waals surface area contributed by atoms with Gasteiger partial charge in [-0.25, -0.2) is 8.42 Å². The van der Waals surface area contributed by atoms with Crippen LogP contribution in [0.25, 0.3) is 0 Å². The number of sulfone groups is 1. The molecule has 1 heterocycles. The van der Waals surface area contributed by atoms with Crippen molar-refractivity contribution in [3.8, 4) is 0 Å². The van der Waals surface area contributed by atoms with E-state index in [4.69, 9.17) is 0 Å². The summed E-state index contributed by atoms with van der Waals surface area (Å²) in [5.41, 5.74) is 0. The van der Waals surface area contributed by atoms with E-state index in [1.807, 2.05) is 0 Å². The van der Waals surface area contributed by atoms with Crippen molar-refractivity contribution in [1.82, 2.24) is 0 Å². The van der Waals surface area contributed by atoms with Gasteiger partial charge >= 0.3 is 0 Å². The van der Waals surface area contributed by atoms with Crippen LogP contribution in [0.3, 0.4) is 0 Å². The Bertz CT molecular complexity index is 373. The van der Waals surface area contributed by atoms with Crippen molar-refractivity contribution >= 4 is 15.6 Å². The highest BCUT2D eigenvalue weighted by molar-refractivity contribution is 7.91. The summed E-state index contributed by atoms with van der Waals surface area (Å²) in [7, 11) is -2.83. The molecule has 0 N–H and O–H groups in total. The van der Waals surface area contributed by atoms with Crippen LogP contribution in [0, 0.1) is 5.92 Å². The molecule has 1 fully saturated rings. The molecule has 0 aromatic rings. The van der Waals surface area contributed by atoms with Crippen LogP contribution in [-0.4, -0.2) is 25.7 Å². The van der Waals surface area contributed by atoms with Gasteiger partial charge in [0, 0.05) is 12.8 Å². The van der Waals surface area contributed by atoms with Crippen molar-refractivity contribution in [2.24, 2.45) is 5.92 Å². The van der Waals surface area contributed by atoms with E-state index in [1.54, 1.807) is 0 Å². The van der Waals surface area contributed by atoms with Crippen LogP contribution < -0.4 is 0 Å². The van der Waals surface area contributed by atoms with Crippen molar-refractivity contribution in [1.29, 1.82) is 0 Å². The lowest BCUT2D eigenvalue weighted by Crippen LogP contribution is -2.10. The molecule has 20 heavy (non-hydrogen) atoms. The third-order valence-electron chi connectivity index (χ3n) is 4.15. The first-order valence-corrected chi connectivity index (χ1v) is 10.1. The zero-order valence-corrected chi connectivity index (χ0v) is 13.7. The zero-order chi connectivity index (χ0) is 14.8. The molecule has 4 heteroatoms. The average molecular weight is 302 g/mol. The van der Waals surface area contributed by atoms with Crippen LogP contribution in [0.15, 0.2) is 0 Å². The summed E-state index contributed by atoms with van der Waals surface area (Å²) in [6, 6.07) is 0. The Balaban J connectivity index is 1.96. The molecule has 1 aliphatic heterocycles. The fraction of sp³-hybridized carbons (Fsp3) is 0.938. The van der Waals surface area contributed by atoms with E-state index in [-0.39, 0.29) is 23.2 Å². The van der Waals surface area contributed by atoms with Crippen LogP contribution in [0.1, 0.15) is 77.6 Å². The molecule has 1 atom stereocenters. The van der Waals surface area contributed by atoms with Crippen LogP contribution in [0.4, 0.5) is 0 Å². The van der Waals surface area contributed by atoms with E-state index in [9.17, 15) is 13.2 Å². The Morgan fingerprint density at radius 1 is 1.00 bits per heavy atom. The quantitative estimate of drug-likeness (QED) is 0.544. The first-order valence-electron chi connectivity index (χ1n) is 8.25. The number of carbonyl (C=O) groups is 1.